The van der Waals surface area contributed by atoms with Gasteiger partial charge in [-0.05, 0) is 131 Å². The summed E-state index contributed by atoms with van der Waals surface area (Å²) in [6.07, 6.45) is 8.94. The van der Waals surface area contributed by atoms with Crippen molar-refractivity contribution < 1.29 is 38.2 Å². The highest BCUT2D eigenvalue weighted by atomic mass is 32.1. The predicted molar refractivity (Wildman–Crippen MR) is 271 cm³/mol. The van der Waals surface area contributed by atoms with Crippen molar-refractivity contribution in [1.29, 1.82) is 0 Å². The third kappa shape index (κ3) is 13.2. The van der Waals surface area contributed by atoms with E-state index in [4.69, 9.17) is 0 Å². The fourth-order valence-electron chi connectivity index (χ4n) is 8.54. The molecule has 3 aliphatic heterocycles. The van der Waals surface area contributed by atoms with Crippen molar-refractivity contribution in [3.8, 4) is 20.9 Å². The zero-order chi connectivity index (χ0) is 51.7. The Morgan fingerprint density at radius 1 is 0.786 bits per heavy atom. The number of hydrogen-bond acceptors (Lipinski definition) is 14. The lowest BCUT2D eigenvalue weighted by atomic mass is 10.0. The van der Waals surface area contributed by atoms with Crippen molar-refractivity contribution >= 4 is 57.9 Å². The zero-order valence-electron chi connectivity index (χ0n) is 42.5. The second-order valence-electron chi connectivity index (χ2n) is 21.0. The summed E-state index contributed by atoms with van der Waals surface area (Å²) in [5, 5.41) is 32.2. The van der Waals surface area contributed by atoms with Crippen molar-refractivity contribution in [2.75, 3.05) is 30.3 Å². The lowest BCUT2D eigenvalue weighted by Crippen LogP contribution is -2.38. The van der Waals surface area contributed by atoms with Gasteiger partial charge in [-0.15, -0.1) is 22.7 Å². The van der Waals surface area contributed by atoms with Crippen LogP contribution in [0.5, 0.6) is 0 Å². The third-order valence-electron chi connectivity index (χ3n) is 13.0. The minimum absolute atomic E-state index is 0.00456. The van der Waals surface area contributed by atoms with Crippen molar-refractivity contribution in [2.45, 2.75) is 175 Å². The summed E-state index contributed by atoms with van der Waals surface area (Å²) in [7, 11) is 0. The Hall–Kier alpha value is -5.18. The standard InChI is InChI=1S/C25H35F2N5O3S.C25H35N5O3S/c1-8-23(4,5)31-17-9-14(2)16(11-28-17)19-18(22(34)32-13-25(26,27)10-15(32)3)30-21(36-19)20(33)29-12-24(6,7)35;1-6-15(3)28-19-11-14(2)18(12-26-19)21-20(24(32)30-16-7-8-17(30)10-9-16)29-23(34-21)22(31)27-13-25(4,5)33/h9,11,15,35H,8,10,12-13H2,1-7H3,(H,28,31)(H,29,33);11-12,15-17,33H,6-10,13H2,1-5H3,(H,26,28)(H,27,31)/t15-;15-,16?,17?/m01/s1. The second-order valence-corrected chi connectivity index (χ2v) is 23.0. The molecule has 4 amide bonds. The average Bonchev–Trinajstić information content (AvgIpc) is 4.12. The lowest BCUT2D eigenvalue weighted by Gasteiger charge is -2.25. The van der Waals surface area contributed by atoms with Crippen molar-refractivity contribution in [1.82, 2.24) is 40.4 Å². The number of rotatable bonds is 16. The van der Waals surface area contributed by atoms with Crippen LogP contribution in [-0.2, 0) is 0 Å². The Kier molecular flexibility index (Phi) is 16.5. The summed E-state index contributed by atoms with van der Waals surface area (Å²) in [5.41, 5.74) is 1.08. The van der Waals surface area contributed by atoms with Crippen LogP contribution in [0.2, 0.25) is 0 Å². The van der Waals surface area contributed by atoms with Crippen molar-refractivity contribution in [2.24, 2.45) is 0 Å². The molecular formula is C50H70F2N10O6S2. The van der Waals surface area contributed by atoms with Crippen LogP contribution in [0, 0.1) is 13.8 Å². The Balaban J connectivity index is 0.000000230. The lowest BCUT2D eigenvalue weighted by molar-refractivity contribution is 0.0117. The summed E-state index contributed by atoms with van der Waals surface area (Å²) in [4.78, 5) is 74.8. The largest absolute Gasteiger partial charge is 0.389 e. The molecule has 6 N–H and O–H groups in total. The first kappa shape index (κ1) is 54.2. The molecule has 3 fully saturated rings. The number of aliphatic hydroxyl groups is 2. The molecular weight excluding hydrogens is 939 g/mol. The van der Waals surface area contributed by atoms with E-state index in [1.54, 1.807) is 47.0 Å². The van der Waals surface area contributed by atoms with E-state index >= 15 is 0 Å². The number of nitrogens with one attached hydrogen (secondary N) is 4. The van der Waals surface area contributed by atoms with Crippen LogP contribution in [0.25, 0.3) is 20.9 Å². The predicted octanol–water partition coefficient (Wildman–Crippen LogP) is 8.48. The van der Waals surface area contributed by atoms with E-state index in [1.165, 1.54) is 11.3 Å². The number of alkyl halides is 2. The molecule has 16 nitrogen and oxygen atoms in total. The van der Waals surface area contributed by atoms with E-state index in [-0.39, 0.29) is 52.3 Å². The zero-order valence-corrected chi connectivity index (χ0v) is 44.1. The summed E-state index contributed by atoms with van der Waals surface area (Å²) < 4.78 is 28.1. The normalized spacial score (nSPS) is 19.1. The monoisotopic (exact) mass is 1010 g/mol. The quantitative estimate of drug-likeness (QED) is 0.0624. The molecule has 0 aliphatic carbocycles. The van der Waals surface area contributed by atoms with E-state index in [0.717, 1.165) is 77.3 Å². The van der Waals surface area contributed by atoms with Crippen LogP contribution in [0.15, 0.2) is 24.5 Å². The molecule has 0 aromatic carbocycles. The molecule has 70 heavy (non-hydrogen) atoms. The Bertz CT molecular complexity index is 2550. The number of aromatic nitrogens is 4. The molecule has 20 heteroatoms. The molecule has 7 rings (SSSR count). The Morgan fingerprint density at radius 3 is 1.66 bits per heavy atom. The SMILES string of the molecule is CCC(C)(C)Nc1cc(C)c(-c2sc(C(=O)NCC(C)(C)O)nc2C(=O)N2CC(F)(F)C[C@@H]2C)cn1.CC[C@@H](C)Nc1cc(C)c(-c2sc(C(=O)NCC(C)(C)O)nc2C(=O)N2C3CCC2CC3)cn1. The highest BCUT2D eigenvalue weighted by molar-refractivity contribution is 7.17. The number of hydrogen-bond donors (Lipinski definition) is 6. The number of aryl methyl sites for hydroxylation is 2. The number of nitrogens with zero attached hydrogens (tertiary/aromatic N) is 6. The minimum atomic E-state index is -2.98. The first-order chi connectivity index (χ1) is 32.6. The number of carbonyl (C=O) groups excluding carboxylic acids is 4. The van der Waals surface area contributed by atoms with Crippen LogP contribution in [-0.4, -0.2) is 130 Å². The van der Waals surface area contributed by atoms with E-state index in [0.29, 0.717) is 32.9 Å². The van der Waals surface area contributed by atoms with Gasteiger partial charge < -0.3 is 41.3 Å². The van der Waals surface area contributed by atoms with E-state index in [9.17, 15) is 38.2 Å². The number of amides is 4. The summed E-state index contributed by atoms with van der Waals surface area (Å²) >= 11 is 2.20. The van der Waals surface area contributed by atoms with Crippen LogP contribution in [0.1, 0.15) is 166 Å². The van der Waals surface area contributed by atoms with Gasteiger partial charge in [0.2, 0.25) is 0 Å². The number of carbonyl (C=O) groups is 4. The van der Waals surface area contributed by atoms with Gasteiger partial charge in [0.25, 0.3) is 29.6 Å². The number of likely N-dealkylation sites (tertiary alicyclic amines) is 1. The molecule has 382 valence electrons. The van der Waals surface area contributed by atoms with Gasteiger partial charge in [0.05, 0.1) is 27.5 Å². The van der Waals surface area contributed by atoms with Gasteiger partial charge >= 0.3 is 0 Å². The molecule has 0 saturated carbocycles. The molecule has 4 aromatic heterocycles. The second kappa shape index (κ2) is 21.3. The molecule has 7 heterocycles. The number of anilines is 2. The molecule has 0 radical (unpaired) electrons. The highest BCUT2D eigenvalue weighted by Crippen LogP contribution is 2.42. The molecule has 4 aromatic rings. The summed E-state index contributed by atoms with van der Waals surface area (Å²) in [6.45, 7) is 21.6. The minimum Gasteiger partial charge on any atom is -0.389 e. The maximum atomic E-state index is 14.0. The van der Waals surface area contributed by atoms with Crippen LogP contribution in [0.3, 0.4) is 0 Å². The molecule has 0 unspecified atom stereocenters. The number of fused-ring (bicyclic) bond motifs is 2. The molecule has 3 aliphatic rings. The van der Waals surface area contributed by atoms with Gasteiger partial charge in [0.1, 0.15) is 23.0 Å². The maximum Gasteiger partial charge on any atom is 0.280 e. The summed E-state index contributed by atoms with van der Waals surface area (Å²) in [6, 6.07) is 3.98. The van der Waals surface area contributed by atoms with Crippen LogP contribution >= 0.6 is 22.7 Å². The van der Waals surface area contributed by atoms with Gasteiger partial charge in [0, 0.05) is 72.7 Å². The van der Waals surface area contributed by atoms with Gasteiger partial charge in [-0.2, -0.15) is 0 Å². The van der Waals surface area contributed by atoms with E-state index < -0.39 is 53.9 Å². The highest BCUT2D eigenvalue weighted by Gasteiger charge is 2.47. The van der Waals surface area contributed by atoms with E-state index in [1.807, 2.05) is 30.9 Å². The van der Waals surface area contributed by atoms with Gasteiger partial charge in [-0.25, -0.2) is 28.7 Å². The first-order valence-corrected chi connectivity index (χ1v) is 25.8. The van der Waals surface area contributed by atoms with E-state index in [2.05, 4.69) is 75.8 Å². The fraction of sp³-hybridized carbons (Fsp3) is 0.600. The smallest absolute Gasteiger partial charge is 0.280 e. The first-order valence-electron chi connectivity index (χ1n) is 24.1. The van der Waals surface area contributed by atoms with Crippen LogP contribution < -0.4 is 21.3 Å². The summed E-state index contributed by atoms with van der Waals surface area (Å²) in [5.74, 6) is -3.23. The van der Waals surface area contributed by atoms with Crippen molar-refractivity contribution in [3.63, 3.8) is 0 Å². The molecule has 2 atom stereocenters. The number of pyridine rings is 2. The topological polar surface area (TPSA) is 215 Å². The van der Waals surface area contributed by atoms with Gasteiger partial charge in [-0.3, -0.25) is 19.2 Å². The maximum absolute atomic E-state index is 14.0. The van der Waals surface area contributed by atoms with Crippen LogP contribution in [0.4, 0.5) is 20.4 Å². The molecule has 0 spiro atoms. The number of halogens is 2. The molecule has 3 saturated heterocycles. The fourth-order valence-corrected chi connectivity index (χ4v) is 10.6. The number of thiazole rings is 2. The Labute approximate surface area is 417 Å². The van der Waals surface area contributed by atoms with Gasteiger partial charge in [-0.1, -0.05) is 13.8 Å². The Morgan fingerprint density at radius 2 is 1.24 bits per heavy atom. The average molecular weight is 1010 g/mol. The van der Waals surface area contributed by atoms with Gasteiger partial charge in [0.15, 0.2) is 10.0 Å². The third-order valence-corrected chi connectivity index (χ3v) is 15.1. The van der Waals surface area contributed by atoms with Crippen molar-refractivity contribution in [3.05, 3.63) is 57.1 Å². The molecule has 2 bridgehead atoms.